The number of ether oxygens (including phenoxy) is 1. The number of piperidine rings is 1. The summed E-state index contributed by atoms with van der Waals surface area (Å²) in [6.45, 7) is 8.53. The lowest BCUT2D eigenvalue weighted by molar-refractivity contribution is -0.157. The Hall–Kier alpha value is -0.610. The first kappa shape index (κ1) is 13.8. The number of hydrogen-bond donors (Lipinski definition) is 1. The minimum absolute atomic E-state index is 0.419. The van der Waals surface area contributed by atoms with Crippen molar-refractivity contribution in [3.05, 3.63) is 0 Å². The second-order valence-corrected chi connectivity index (χ2v) is 6.64. The number of carbonyl (C=O) groups is 1. The summed E-state index contributed by atoms with van der Waals surface area (Å²) < 4.78 is 5.32. The fraction of sp³-hybridized carbons (Fsp3) is 0.929. The van der Waals surface area contributed by atoms with Gasteiger partial charge in [-0.3, -0.25) is 4.79 Å². The average molecular weight is 255 g/mol. The Bertz CT molecular complexity index is 298. The zero-order chi connectivity index (χ0) is 13.2. The number of rotatable bonds is 3. The van der Waals surface area contributed by atoms with Crippen molar-refractivity contribution in [1.29, 1.82) is 0 Å². The Morgan fingerprint density at radius 3 is 2.22 bits per heavy atom. The lowest BCUT2D eigenvalue weighted by Crippen LogP contribution is -2.49. The third-order valence-electron chi connectivity index (χ3n) is 4.64. The maximum Gasteiger partial charge on any atom is 0.311 e. The van der Waals surface area contributed by atoms with Gasteiger partial charge in [-0.2, -0.15) is 0 Å². The number of nitrogens with zero attached hydrogens (tertiary/aromatic N) is 1. The number of likely N-dealkylation sites (tertiary alicyclic amines) is 1. The Balaban J connectivity index is 1.96. The summed E-state index contributed by atoms with van der Waals surface area (Å²) in [4.78, 5) is 13.9. The number of carboxylic acid groups (broad SMARTS) is 1. The van der Waals surface area contributed by atoms with E-state index < -0.39 is 11.4 Å². The molecule has 0 saturated carbocycles. The molecule has 0 aromatic rings. The van der Waals surface area contributed by atoms with Gasteiger partial charge in [0.25, 0.3) is 0 Å². The summed E-state index contributed by atoms with van der Waals surface area (Å²) in [6, 6.07) is 0. The van der Waals surface area contributed by atoms with E-state index in [4.69, 9.17) is 4.74 Å². The SMILES string of the molecule is CC1(C)CCN(CC2(C(=O)O)CCOCC2)CC1. The van der Waals surface area contributed by atoms with Crippen LogP contribution in [0.1, 0.15) is 39.5 Å². The van der Waals surface area contributed by atoms with Gasteiger partial charge in [0, 0.05) is 19.8 Å². The van der Waals surface area contributed by atoms with Crippen LogP contribution in [0.4, 0.5) is 0 Å². The Morgan fingerprint density at radius 2 is 1.72 bits per heavy atom. The molecule has 104 valence electrons. The van der Waals surface area contributed by atoms with E-state index in [9.17, 15) is 9.90 Å². The molecule has 0 aromatic carbocycles. The van der Waals surface area contributed by atoms with Crippen LogP contribution < -0.4 is 0 Å². The zero-order valence-corrected chi connectivity index (χ0v) is 11.6. The fourth-order valence-electron chi connectivity index (χ4n) is 2.95. The quantitative estimate of drug-likeness (QED) is 0.838. The smallest absolute Gasteiger partial charge is 0.311 e. The van der Waals surface area contributed by atoms with Gasteiger partial charge in [-0.15, -0.1) is 0 Å². The highest BCUT2D eigenvalue weighted by Crippen LogP contribution is 2.35. The summed E-state index contributed by atoms with van der Waals surface area (Å²) >= 11 is 0. The van der Waals surface area contributed by atoms with Gasteiger partial charge in [0.1, 0.15) is 0 Å². The summed E-state index contributed by atoms with van der Waals surface area (Å²) in [5.41, 5.74) is -0.151. The van der Waals surface area contributed by atoms with Gasteiger partial charge in [-0.05, 0) is 44.2 Å². The maximum absolute atomic E-state index is 11.6. The highest BCUT2D eigenvalue weighted by atomic mass is 16.5. The molecule has 2 aliphatic rings. The standard InChI is InChI=1S/C14H25NO3/c1-13(2)3-7-15(8-4-13)11-14(12(16)17)5-9-18-10-6-14/h3-11H2,1-2H3,(H,16,17). The maximum atomic E-state index is 11.6. The molecular weight excluding hydrogens is 230 g/mol. The van der Waals surface area contributed by atoms with Crippen molar-refractivity contribution in [3.63, 3.8) is 0 Å². The molecule has 0 atom stereocenters. The molecular formula is C14H25NO3. The summed E-state index contributed by atoms with van der Waals surface area (Å²) in [5, 5.41) is 9.54. The van der Waals surface area contributed by atoms with Gasteiger partial charge >= 0.3 is 5.97 Å². The molecule has 0 aliphatic carbocycles. The van der Waals surface area contributed by atoms with Crippen LogP contribution in [-0.2, 0) is 9.53 Å². The van der Waals surface area contributed by atoms with Crippen molar-refractivity contribution in [3.8, 4) is 0 Å². The first-order chi connectivity index (χ1) is 8.44. The molecule has 4 nitrogen and oxygen atoms in total. The van der Waals surface area contributed by atoms with Crippen LogP contribution in [0, 0.1) is 10.8 Å². The second-order valence-electron chi connectivity index (χ2n) is 6.64. The van der Waals surface area contributed by atoms with Crippen molar-refractivity contribution in [1.82, 2.24) is 4.90 Å². The van der Waals surface area contributed by atoms with Crippen LogP contribution in [0.5, 0.6) is 0 Å². The normalized spacial score (nSPS) is 27.9. The van der Waals surface area contributed by atoms with E-state index in [0.29, 0.717) is 38.0 Å². The van der Waals surface area contributed by atoms with Crippen molar-refractivity contribution in [2.24, 2.45) is 10.8 Å². The molecule has 0 aromatic heterocycles. The molecule has 0 spiro atoms. The molecule has 4 heteroatoms. The summed E-state index contributed by atoms with van der Waals surface area (Å²) in [7, 11) is 0. The van der Waals surface area contributed by atoms with E-state index in [-0.39, 0.29) is 0 Å². The number of carboxylic acids is 1. The molecule has 2 aliphatic heterocycles. The zero-order valence-electron chi connectivity index (χ0n) is 11.6. The van der Waals surface area contributed by atoms with Gasteiger partial charge < -0.3 is 14.7 Å². The van der Waals surface area contributed by atoms with Crippen molar-refractivity contribution >= 4 is 5.97 Å². The third kappa shape index (κ3) is 3.04. The van der Waals surface area contributed by atoms with E-state index in [1.807, 2.05) is 0 Å². The van der Waals surface area contributed by atoms with Crippen LogP contribution in [0.25, 0.3) is 0 Å². The third-order valence-corrected chi connectivity index (χ3v) is 4.64. The van der Waals surface area contributed by atoms with Crippen LogP contribution in [0.15, 0.2) is 0 Å². The molecule has 2 heterocycles. The van der Waals surface area contributed by atoms with E-state index in [2.05, 4.69) is 18.7 Å². The van der Waals surface area contributed by atoms with Crippen molar-refractivity contribution in [2.75, 3.05) is 32.8 Å². The van der Waals surface area contributed by atoms with Gasteiger partial charge in [-0.25, -0.2) is 0 Å². The van der Waals surface area contributed by atoms with Gasteiger partial charge in [0.2, 0.25) is 0 Å². The van der Waals surface area contributed by atoms with Crippen LogP contribution in [0.2, 0.25) is 0 Å². The lowest BCUT2D eigenvalue weighted by Gasteiger charge is -2.42. The topological polar surface area (TPSA) is 49.8 Å². The van der Waals surface area contributed by atoms with Crippen molar-refractivity contribution in [2.45, 2.75) is 39.5 Å². The highest BCUT2D eigenvalue weighted by molar-refractivity contribution is 5.75. The molecule has 2 fully saturated rings. The first-order valence-corrected chi connectivity index (χ1v) is 6.97. The molecule has 2 rings (SSSR count). The minimum atomic E-state index is -0.643. The molecule has 0 bridgehead atoms. The Morgan fingerprint density at radius 1 is 1.17 bits per heavy atom. The predicted octanol–water partition coefficient (Wildman–Crippen LogP) is 1.99. The van der Waals surface area contributed by atoms with E-state index in [1.54, 1.807) is 0 Å². The summed E-state index contributed by atoms with van der Waals surface area (Å²) in [6.07, 6.45) is 3.64. The van der Waals surface area contributed by atoms with Crippen LogP contribution in [-0.4, -0.2) is 48.8 Å². The van der Waals surface area contributed by atoms with Crippen LogP contribution >= 0.6 is 0 Å². The number of aliphatic carboxylic acids is 1. The van der Waals surface area contributed by atoms with E-state index in [1.165, 1.54) is 12.8 Å². The Kier molecular flexibility index (Phi) is 3.97. The molecule has 0 unspecified atom stereocenters. The first-order valence-electron chi connectivity index (χ1n) is 6.97. The van der Waals surface area contributed by atoms with Gasteiger partial charge in [-0.1, -0.05) is 13.8 Å². The Labute approximate surface area is 109 Å². The molecule has 18 heavy (non-hydrogen) atoms. The van der Waals surface area contributed by atoms with Crippen molar-refractivity contribution < 1.29 is 14.6 Å². The predicted molar refractivity (Wildman–Crippen MR) is 69.6 cm³/mol. The fourth-order valence-corrected chi connectivity index (χ4v) is 2.95. The largest absolute Gasteiger partial charge is 0.481 e. The highest BCUT2D eigenvalue weighted by Gasteiger charge is 2.42. The van der Waals surface area contributed by atoms with E-state index >= 15 is 0 Å². The number of hydrogen-bond acceptors (Lipinski definition) is 3. The summed E-state index contributed by atoms with van der Waals surface area (Å²) in [5.74, 6) is -0.643. The average Bonchev–Trinajstić information content (AvgIpc) is 2.33. The van der Waals surface area contributed by atoms with Crippen LogP contribution in [0.3, 0.4) is 0 Å². The molecule has 1 N–H and O–H groups in total. The second kappa shape index (κ2) is 5.17. The van der Waals surface area contributed by atoms with E-state index in [0.717, 1.165) is 13.1 Å². The lowest BCUT2D eigenvalue weighted by atomic mass is 9.77. The molecule has 0 amide bonds. The van der Waals surface area contributed by atoms with Gasteiger partial charge in [0.05, 0.1) is 5.41 Å². The molecule has 2 saturated heterocycles. The monoisotopic (exact) mass is 255 g/mol. The van der Waals surface area contributed by atoms with Gasteiger partial charge in [0.15, 0.2) is 0 Å². The minimum Gasteiger partial charge on any atom is -0.481 e. The molecule has 0 radical (unpaired) electrons.